The summed E-state index contributed by atoms with van der Waals surface area (Å²) in [5, 5.41) is 12.2. The molecule has 2 N–H and O–H groups in total. The van der Waals surface area contributed by atoms with Crippen LogP contribution in [-0.2, 0) is 11.3 Å². The minimum atomic E-state index is 0.252. The normalized spacial score (nSPS) is 10.8. The topological polar surface area (TPSA) is 41.5 Å². The first-order valence-corrected chi connectivity index (χ1v) is 7.77. The van der Waals surface area contributed by atoms with Gasteiger partial charge in [0.25, 0.3) is 0 Å². The van der Waals surface area contributed by atoms with Gasteiger partial charge < -0.3 is 15.2 Å². The maximum Gasteiger partial charge on any atom is 0.0587 e. The van der Waals surface area contributed by atoms with E-state index in [-0.39, 0.29) is 6.61 Å². The van der Waals surface area contributed by atoms with E-state index < -0.39 is 0 Å². The standard InChI is InChI=1S/C13H20BrNO2S/c1-17-7-5-15-10-11-3-4-12(14)9-13(11)18-8-2-6-16/h3-4,9,15-16H,2,5-8,10H2,1H3. The average molecular weight is 334 g/mol. The Hall–Kier alpha value is -0.0700. The lowest BCUT2D eigenvalue weighted by Gasteiger charge is -2.10. The van der Waals surface area contributed by atoms with Crippen molar-refractivity contribution >= 4 is 27.7 Å². The number of hydrogen-bond acceptors (Lipinski definition) is 4. The second kappa shape index (κ2) is 9.81. The molecule has 0 heterocycles. The van der Waals surface area contributed by atoms with Crippen molar-refractivity contribution in [2.75, 3.05) is 32.6 Å². The Kier molecular flexibility index (Phi) is 8.71. The Bertz CT molecular complexity index is 350. The number of ether oxygens (including phenoxy) is 1. The van der Waals surface area contributed by atoms with E-state index in [9.17, 15) is 0 Å². The van der Waals surface area contributed by atoms with Gasteiger partial charge >= 0.3 is 0 Å². The van der Waals surface area contributed by atoms with Gasteiger partial charge in [0.1, 0.15) is 0 Å². The van der Waals surface area contributed by atoms with Crippen molar-refractivity contribution in [1.82, 2.24) is 5.32 Å². The van der Waals surface area contributed by atoms with E-state index >= 15 is 0 Å². The summed E-state index contributed by atoms with van der Waals surface area (Å²) in [4.78, 5) is 1.27. The van der Waals surface area contributed by atoms with E-state index in [0.717, 1.165) is 36.3 Å². The van der Waals surface area contributed by atoms with Crippen LogP contribution in [0.2, 0.25) is 0 Å². The van der Waals surface area contributed by atoms with Gasteiger partial charge in [-0.2, -0.15) is 0 Å². The molecule has 0 aliphatic heterocycles. The molecule has 0 atom stereocenters. The van der Waals surface area contributed by atoms with E-state index in [1.807, 2.05) is 0 Å². The fourth-order valence-electron chi connectivity index (χ4n) is 1.45. The lowest BCUT2D eigenvalue weighted by atomic mass is 10.2. The highest BCUT2D eigenvalue weighted by atomic mass is 79.9. The first kappa shape index (κ1) is 16.0. The van der Waals surface area contributed by atoms with Crippen molar-refractivity contribution in [3.05, 3.63) is 28.2 Å². The Morgan fingerprint density at radius 2 is 2.28 bits per heavy atom. The van der Waals surface area contributed by atoms with E-state index in [2.05, 4.69) is 39.4 Å². The van der Waals surface area contributed by atoms with Crippen LogP contribution in [0.15, 0.2) is 27.6 Å². The van der Waals surface area contributed by atoms with Gasteiger partial charge in [0.2, 0.25) is 0 Å². The number of aliphatic hydroxyl groups is 1. The summed E-state index contributed by atoms with van der Waals surface area (Å²) < 4.78 is 6.10. The number of benzene rings is 1. The summed E-state index contributed by atoms with van der Waals surface area (Å²) in [6.45, 7) is 2.68. The summed E-state index contributed by atoms with van der Waals surface area (Å²) in [5.41, 5.74) is 1.29. The van der Waals surface area contributed by atoms with E-state index in [4.69, 9.17) is 9.84 Å². The largest absolute Gasteiger partial charge is 0.396 e. The lowest BCUT2D eigenvalue weighted by molar-refractivity contribution is 0.199. The van der Waals surface area contributed by atoms with Crippen molar-refractivity contribution in [2.45, 2.75) is 17.9 Å². The van der Waals surface area contributed by atoms with Gasteiger partial charge in [-0.25, -0.2) is 0 Å². The predicted molar refractivity (Wildman–Crippen MR) is 80.2 cm³/mol. The van der Waals surface area contributed by atoms with Crippen LogP contribution in [0.3, 0.4) is 0 Å². The van der Waals surface area contributed by atoms with Crippen molar-refractivity contribution in [3.8, 4) is 0 Å². The van der Waals surface area contributed by atoms with E-state index in [1.165, 1.54) is 10.5 Å². The summed E-state index contributed by atoms with van der Waals surface area (Å²) >= 11 is 5.28. The molecule has 0 radical (unpaired) electrons. The minimum absolute atomic E-state index is 0.252. The molecule has 0 unspecified atom stereocenters. The van der Waals surface area contributed by atoms with Crippen molar-refractivity contribution < 1.29 is 9.84 Å². The fraction of sp³-hybridized carbons (Fsp3) is 0.538. The molecular formula is C13H20BrNO2S. The zero-order valence-electron chi connectivity index (χ0n) is 10.6. The number of rotatable bonds is 9. The van der Waals surface area contributed by atoms with E-state index in [1.54, 1.807) is 18.9 Å². The quantitative estimate of drug-likeness (QED) is 0.538. The third-order valence-corrected chi connectivity index (χ3v) is 4.06. The molecule has 0 aliphatic rings. The van der Waals surface area contributed by atoms with Gasteiger partial charge in [-0.05, 0) is 24.1 Å². The monoisotopic (exact) mass is 333 g/mol. The van der Waals surface area contributed by atoms with Crippen LogP contribution in [0.25, 0.3) is 0 Å². The maximum atomic E-state index is 8.82. The second-order valence-corrected chi connectivity index (χ2v) is 5.90. The number of methoxy groups -OCH3 is 1. The number of nitrogens with one attached hydrogen (secondary N) is 1. The highest BCUT2D eigenvalue weighted by molar-refractivity contribution is 9.10. The first-order chi connectivity index (χ1) is 8.77. The highest BCUT2D eigenvalue weighted by Gasteiger charge is 2.04. The molecule has 0 amide bonds. The van der Waals surface area contributed by atoms with Gasteiger partial charge in [0, 0.05) is 41.9 Å². The van der Waals surface area contributed by atoms with Gasteiger partial charge in [-0.15, -0.1) is 11.8 Å². The smallest absolute Gasteiger partial charge is 0.0587 e. The zero-order valence-corrected chi connectivity index (χ0v) is 13.0. The molecule has 0 aromatic heterocycles. The highest BCUT2D eigenvalue weighted by Crippen LogP contribution is 2.27. The number of halogens is 1. The second-order valence-electron chi connectivity index (χ2n) is 3.85. The van der Waals surface area contributed by atoms with Crippen LogP contribution in [0, 0.1) is 0 Å². The summed E-state index contributed by atoms with van der Waals surface area (Å²) in [5.74, 6) is 0.942. The van der Waals surface area contributed by atoms with Gasteiger partial charge in [-0.1, -0.05) is 22.0 Å². The SMILES string of the molecule is COCCNCc1ccc(Br)cc1SCCCO. The summed E-state index contributed by atoms with van der Waals surface area (Å²) in [6.07, 6.45) is 0.827. The third-order valence-electron chi connectivity index (χ3n) is 2.39. The molecule has 102 valence electrons. The molecular weight excluding hydrogens is 314 g/mol. The first-order valence-electron chi connectivity index (χ1n) is 5.99. The number of aliphatic hydroxyl groups excluding tert-OH is 1. The van der Waals surface area contributed by atoms with Gasteiger partial charge in [-0.3, -0.25) is 0 Å². The van der Waals surface area contributed by atoms with Crippen molar-refractivity contribution in [2.24, 2.45) is 0 Å². The molecule has 18 heavy (non-hydrogen) atoms. The molecule has 0 aliphatic carbocycles. The third kappa shape index (κ3) is 6.20. The summed E-state index contributed by atoms with van der Waals surface area (Å²) in [6, 6.07) is 6.32. The lowest BCUT2D eigenvalue weighted by Crippen LogP contribution is -2.18. The molecule has 5 heteroatoms. The Labute approximate surface area is 121 Å². The molecule has 1 rings (SSSR count). The molecule has 0 bridgehead atoms. The molecule has 0 saturated heterocycles. The Morgan fingerprint density at radius 3 is 3.00 bits per heavy atom. The molecule has 1 aromatic carbocycles. The summed E-state index contributed by atoms with van der Waals surface area (Å²) in [7, 11) is 1.71. The van der Waals surface area contributed by atoms with Crippen LogP contribution >= 0.6 is 27.7 Å². The van der Waals surface area contributed by atoms with Crippen molar-refractivity contribution in [3.63, 3.8) is 0 Å². The molecule has 0 spiro atoms. The molecule has 0 saturated carbocycles. The van der Waals surface area contributed by atoms with Crippen LogP contribution in [-0.4, -0.2) is 37.7 Å². The molecule has 0 fully saturated rings. The average Bonchev–Trinajstić information content (AvgIpc) is 2.37. The number of hydrogen-bond donors (Lipinski definition) is 2. The van der Waals surface area contributed by atoms with Crippen LogP contribution in [0.1, 0.15) is 12.0 Å². The van der Waals surface area contributed by atoms with Crippen molar-refractivity contribution in [1.29, 1.82) is 0 Å². The van der Waals surface area contributed by atoms with Crippen LogP contribution < -0.4 is 5.32 Å². The predicted octanol–water partition coefficient (Wildman–Crippen LogP) is 2.66. The molecule has 1 aromatic rings. The maximum absolute atomic E-state index is 8.82. The minimum Gasteiger partial charge on any atom is -0.396 e. The van der Waals surface area contributed by atoms with Crippen LogP contribution in [0.4, 0.5) is 0 Å². The van der Waals surface area contributed by atoms with Gasteiger partial charge in [0.05, 0.1) is 6.61 Å². The van der Waals surface area contributed by atoms with Gasteiger partial charge in [0.15, 0.2) is 0 Å². The zero-order chi connectivity index (χ0) is 13.2. The molecule has 3 nitrogen and oxygen atoms in total. The number of thioether (sulfide) groups is 1. The fourth-order valence-corrected chi connectivity index (χ4v) is 2.99. The Balaban J connectivity index is 2.52. The van der Waals surface area contributed by atoms with E-state index in [0.29, 0.717) is 0 Å². The Morgan fingerprint density at radius 1 is 1.44 bits per heavy atom. The van der Waals surface area contributed by atoms with Crippen LogP contribution in [0.5, 0.6) is 0 Å².